The lowest BCUT2D eigenvalue weighted by Crippen LogP contribution is -2.13. The SMILES string of the molecule is Cc1ccc(NC(=O)CCc2ccccc2N)cc1OCC(F)F. The van der Waals surface area contributed by atoms with E-state index in [1.807, 2.05) is 18.2 Å². The second-order valence-electron chi connectivity index (χ2n) is 5.43. The third kappa shape index (κ3) is 5.22. The lowest BCUT2D eigenvalue weighted by molar-refractivity contribution is -0.116. The Morgan fingerprint density at radius 1 is 1.25 bits per heavy atom. The summed E-state index contributed by atoms with van der Waals surface area (Å²) < 4.78 is 29.6. The van der Waals surface area contributed by atoms with Crippen LogP contribution in [0.4, 0.5) is 20.2 Å². The van der Waals surface area contributed by atoms with E-state index in [1.54, 1.807) is 31.2 Å². The number of para-hydroxylation sites is 1. The van der Waals surface area contributed by atoms with Gasteiger partial charge < -0.3 is 15.8 Å². The predicted molar refractivity (Wildman–Crippen MR) is 90.5 cm³/mol. The fourth-order valence-corrected chi connectivity index (χ4v) is 2.22. The van der Waals surface area contributed by atoms with Crippen LogP contribution in [-0.4, -0.2) is 18.9 Å². The number of halogens is 2. The highest BCUT2D eigenvalue weighted by molar-refractivity contribution is 5.91. The van der Waals surface area contributed by atoms with E-state index < -0.39 is 13.0 Å². The van der Waals surface area contributed by atoms with E-state index >= 15 is 0 Å². The van der Waals surface area contributed by atoms with Gasteiger partial charge in [-0.3, -0.25) is 4.79 Å². The smallest absolute Gasteiger partial charge is 0.272 e. The molecule has 0 aromatic heterocycles. The molecule has 0 atom stereocenters. The van der Waals surface area contributed by atoms with Crippen molar-refractivity contribution < 1.29 is 18.3 Å². The fraction of sp³-hybridized carbons (Fsp3) is 0.278. The number of anilines is 2. The molecule has 0 spiro atoms. The molecule has 0 heterocycles. The molecule has 0 saturated carbocycles. The van der Waals surface area contributed by atoms with Crippen molar-refractivity contribution in [1.29, 1.82) is 0 Å². The highest BCUT2D eigenvalue weighted by atomic mass is 19.3. The molecule has 1 amide bonds. The zero-order chi connectivity index (χ0) is 17.5. The largest absolute Gasteiger partial charge is 0.487 e. The molecule has 0 bridgehead atoms. The molecule has 2 aromatic carbocycles. The van der Waals surface area contributed by atoms with E-state index in [0.717, 1.165) is 11.1 Å². The van der Waals surface area contributed by atoms with Gasteiger partial charge >= 0.3 is 0 Å². The summed E-state index contributed by atoms with van der Waals surface area (Å²) in [6.45, 7) is 1.08. The van der Waals surface area contributed by atoms with Crippen LogP contribution in [0.2, 0.25) is 0 Å². The van der Waals surface area contributed by atoms with E-state index in [-0.39, 0.29) is 12.3 Å². The third-order valence-corrected chi connectivity index (χ3v) is 3.51. The van der Waals surface area contributed by atoms with Crippen molar-refractivity contribution in [3.8, 4) is 5.75 Å². The molecule has 0 aliphatic carbocycles. The summed E-state index contributed by atoms with van der Waals surface area (Å²) in [6.07, 6.45) is -1.74. The number of amides is 1. The number of hydrogen-bond donors (Lipinski definition) is 2. The molecule has 4 nitrogen and oxygen atoms in total. The number of nitrogens with one attached hydrogen (secondary N) is 1. The first-order valence-corrected chi connectivity index (χ1v) is 7.60. The first-order valence-electron chi connectivity index (χ1n) is 7.60. The fourth-order valence-electron chi connectivity index (χ4n) is 2.22. The van der Waals surface area contributed by atoms with Crippen LogP contribution in [-0.2, 0) is 11.2 Å². The van der Waals surface area contributed by atoms with E-state index in [2.05, 4.69) is 5.32 Å². The van der Waals surface area contributed by atoms with Crippen molar-refractivity contribution in [3.63, 3.8) is 0 Å². The molecule has 0 saturated heterocycles. The van der Waals surface area contributed by atoms with Gasteiger partial charge in [0.05, 0.1) is 0 Å². The van der Waals surface area contributed by atoms with E-state index in [4.69, 9.17) is 10.5 Å². The predicted octanol–water partition coefficient (Wildman–Crippen LogP) is 3.79. The summed E-state index contributed by atoms with van der Waals surface area (Å²) in [5.74, 6) is 0.155. The molecule has 0 aliphatic rings. The second-order valence-corrected chi connectivity index (χ2v) is 5.43. The molecule has 6 heteroatoms. The minimum atomic E-state index is -2.54. The van der Waals surface area contributed by atoms with Crippen LogP contribution < -0.4 is 15.8 Å². The number of nitrogens with two attached hydrogens (primary N) is 1. The highest BCUT2D eigenvalue weighted by Crippen LogP contribution is 2.23. The minimum absolute atomic E-state index is 0.179. The van der Waals surface area contributed by atoms with Crippen LogP contribution in [0, 0.1) is 6.92 Å². The quantitative estimate of drug-likeness (QED) is 0.757. The average Bonchev–Trinajstić information content (AvgIpc) is 2.54. The maximum atomic E-state index is 12.3. The topological polar surface area (TPSA) is 64.4 Å². The molecular weight excluding hydrogens is 314 g/mol. The van der Waals surface area contributed by atoms with E-state index in [1.165, 1.54) is 0 Å². The van der Waals surface area contributed by atoms with Crippen LogP contribution in [0.3, 0.4) is 0 Å². The van der Waals surface area contributed by atoms with Gasteiger partial charge in [-0.25, -0.2) is 8.78 Å². The van der Waals surface area contributed by atoms with Crippen molar-refractivity contribution in [2.45, 2.75) is 26.2 Å². The maximum absolute atomic E-state index is 12.3. The lowest BCUT2D eigenvalue weighted by atomic mass is 10.1. The summed E-state index contributed by atoms with van der Waals surface area (Å²) in [4.78, 5) is 12.0. The van der Waals surface area contributed by atoms with Gasteiger partial charge in [-0.15, -0.1) is 0 Å². The monoisotopic (exact) mass is 334 g/mol. The van der Waals surface area contributed by atoms with Crippen LogP contribution in [0.5, 0.6) is 5.75 Å². The molecular formula is C18H20F2N2O2. The molecule has 2 rings (SSSR count). The number of ether oxygens (including phenoxy) is 1. The molecule has 0 fully saturated rings. The molecule has 0 radical (unpaired) electrons. The van der Waals surface area contributed by atoms with Crippen LogP contribution in [0.15, 0.2) is 42.5 Å². The Morgan fingerprint density at radius 3 is 2.71 bits per heavy atom. The Hall–Kier alpha value is -2.63. The minimum Gasteiger partial charge on any atom is -0.487 e. The Bertz CT molecular complexity index is 705. The van der Waals surface area contributed by atoms with Gasteiger partial charge in [-0.1, -0.05) is 24.3 Å². The zero-order valence-electron chi connectivity index (χ0n) is 13.4. The Balaban J connectivity index is 1.94. The number of benzene rings is 2. The molecule has 24 heavy (non-hydrogen) atoms. The van der Waals surface area contributed by atoms with E-state index in [9.17, 15) is 13.6 Å². The van der Waals surface area contributed by atoms with Crippen LogP contribution in [0.1, 0.15) is 17.5 Å². The van der Waals surface area contributed by atoms with E-state index in [0.29, 0.717) is 23.5 Å². The van der Waals surface area contributed by atoms with Crippen molar-refractivity contribution in [3.05, 3.63) is 53.6 Å². The summed E-state index contributed by atoms with van der Waals surface area (Å²) in [5.41, 5.74) is 8.65. The Labute approximate surface area is 139 Å². The van der Waals surface area contributed by atoms with Gasteiger partial charge in [0.1, 0.15) is 12.4 Å². The summed E-state index contributed by atoms with van der Waals surface area (Å²) in [5, 5.41) is 2.74. The summed E-state index contributed by atoms with van der Waals surface area (Å²) >= 11 is 0. The molecule has 3 N–H and O–H groups in total. The number of nitrogen functional groups attached to an aromatic ring is 1. The zero-order valence-corrected chi connectivity index (χ0v) is 13.4. The highest BCUT2D eigenvalue weighted by Gasteiger charge is 2.09. The van der Waals surface area contributed by atoms with Gasteiger partial charge in [0, 0.05) is 23.9 Å². The van der Waals surface area contributed by atoms with Crippen LogP contribution in [0.25, 0.3) is 0 Å². The van der Waals surface area contributed by atoms with Crippen LogP contribution >= 0.6 is 0 Å². The van der Waals surface area contributed by atoms with Crippen molar-refractivity contribution >= 4 is 17.3 Å². The standard InChI is InChI=1S/C18H20F2N2O2/c1-12-6-8-14(10-16(12)24-11-17(19)20)22-18(23)9-7-13-4-2-3-5-15(13)21/h2-6,8,10,17H,7,9,11,21H2,1H3,(H,22,23). The number of alkyl halides is 2. The van der Waals surface area contributed by atoms with Gasteiger partial charge in [-0.2, -0.15) is 0 Å². The van der Waals surface area contributed by atoms with Gasteiger partial charge in [0.15, 0.2) is 0 Å². The van der Waals surface area contributed by atoms with Gasteiger partial charge in [0.25, 0.3) is 6.43 Å². The number of hydrogen-bond acceptors (Lipinski definition) is 3. The first-order chi connectivity index (χ1) is 11.5. The molecule has 0 aliphatic heterocycles. The normalized spacial score (nSPS) is 10.7. The molecule has 0 unspecified atom stereocenters. The third-order valence-electron chi connectivity index (χ3n) is 3.51. The Kier molecular flexibility index (Phi) is 6.12. The lowest BCUT2D eigenvalue weighted by Gasteiger charge is -2.12. The number of aryl methyl sites for hydroxylation is 2. The summed E-state index contributed by atoms with van der Waals surface area (Å²) in [6, 6.07) is 12.4. The van der Waals surface area contributed by atoms with Crippen molar-refractivity contribution in [2.24, 2.45) is 0 Å². The average molecular weight is 334 g/mol. The number of carbonyl (C=O) groups is 1. The molecule has 2 aromatic rings. The molecule has 128 valence electrons. The number of rotatable bonds is 7. The van der Waals surface area contributed by atoms with Gasteiger partial charge in [0.2, 0.25) is 5.91 Å². The van der Waals surface area contributed by atoms with Crippen molar-refractivity contribution in [2.75, 3.05) is 17.7 Å². The Morgan fingerprint density at radius 2 is 2.00 bits per heavy atom. The first kappa shape index (κ1) is 17.7. The summed E-state index contributed by atoms with van der Waals surface area (Å²) in [7, 11) is 0. The maximum Gasteiger partial charge on any atom is 0.272 e. The van der Waals surface area contributed by atoms with Crippen molar-refractivity contribution in [1.82, 2.24) is 0 Å². The number of carbonyl (C=O) groups excluding carboxylic acids is 1. The second kappa shape index (κ2) is 8.29. The van der Waals surface area contributed by atoms with Gasteiger partial charge in [-0.05, 0) is 36.6 Å².